The van der Waals surface area contributed by atoms with E-state index in [1.165, 1.54) is 5.57 Å². The summed E-state index contributed by atoms with van der Waals surface area (Å²) in [4.78, 5) is 0. The molecule has 72 valence electrons. The van der Waals surface area contributed by atoms with Crippen LogP contribution in [0, 0.1) is 5.92 Å². The molecule has 1 nitrogen and oxygen atoms in total. The van der Waals surface area contributed by atoms with E-state index in [0.717, 1.165) is 5.76 Å². The molecule has 0 aromatic carbocycles. The molecule has 14 heavy (non-hydrogen) atoms. The maximum absolute atomic E-state index is 5.75. The van der Waals surface area contributed by atoms with Gasteiger partial charge in [0.1, 0.15) is 11.9 Å². The Morgan fingerprint density at radius 3 is 2.86 bits per heavy atom. The van der Waals surface area contributed by atoms with Gasteiger partial charge in [0.2, 0.25) is 0 Å². The molecule has 1 heteroatoms. The van der Waals surface area contributed by atoms with Crippen molar-refractivity contribution in [2.45, 2.75) is 13.0 Å². The zero-order chi connectivity index (χ0) is 9.97. The summed E-state index contributed by atoms with van der Waals surface area (Å²) >= 11 is 0. The van der Waals surface area contributed by atoms with Gasteiger partial charge in [-0.1, -0.05) is 37.0 Å². The van der Waals surface area contributed by atoms with Crippen molar-refractivity contribution in [3.8, 4) is 0 Å². The molecule has 0 aromatic heterocycles. The standard InChI is InChI=1S/C13H14O/c1-3-7-10-11-8-5-6-9-13(11)14-12(10)4-2/h3-9,11,13H,2H2,1H3/b7-3-. The molecule has 2 rings (SSSR count). The summed E-state index contributed by atoms with van der Waals surface area (Å²) in [6.45, 7) is 5.79. The second kappa shape index (κ2) is 3.70. The van der Waals surface area contributed by atoms with Gasteiger partial charge in [0.15, 0.2) is 0 Å². The van der Waals surface area contributed by atoms with E-state index in [1.807, 2.05) is 19.1 Å². The predicted molar refractivity (Wildman–Crippen MR) is 58.7 cm³/mol. The largest absolute Gasteiger partial charge is 0.485 e. The molecule has 1 heterocycles. The smallest absolute Gasteiger partial charge is 0.128 e. The van der Waals surface area contributed by atoms with Gasteiger partial charge in [-0.25, -0.2) is 0 Å². The van der Waals surface area contributed by atoms with Gasteiger partial charge in [0, 0.05) is 11.5 Å². The second-order valence-corrected chi connectivity index (χ2v) is 3.40. The third-order valence-electron chi connectivity index (χ3n) is 2.52. The number of rotatable bonds is 2. The van der Waals surface area contributed by atoms with Crippen molar-refractivity contribution in [1.29, 1.82) is 0 Å². The number of hydrogen-bond donors (Lipinski definition) is 0. The zero-order valence-corrected chi connectivity index (χ0v) is 8.31. The molecule has 0 amide bonds. The summed E-state index contributed by atoms with van der Waals surface area (Å²) in [5, 5.41) is 0. The van der Waals surface area contributed by atoms with E-state index in [9.17, 15) is 0 Å². The molecule has 0 saturated carbocycles. The van der Waals surface area contributed by atoms with E-state index in [-0.39, 0.29) is 6.10 Å². The fourth-order valence-corrected chi connectivity index (χ4v) is 1.90. The summed E-state index contributed by atoms with van der Waals surface area (Å²) in [6, 6.07) is 0. The maximum Gasteiger partial charge on any atom is 0.128 e. The fourth-order valence-electron chi connectivity index (χ4n) is 1.90. The van der Waals surface area contributed by atoms with Gasteiger partial charge in [-0.2, -0.15) is 0 Å². The van der Waals surface area contributed by atoms with Crippen molar-refractivity contribution >= 4 is 0 Å². The molecule has 0 spiro atoms. The molecule has 2 atom stereocenters. The van der Waals surface area contributed by atoms with Crippen molar-refractivity contribution < 1.29 is 4.74 Å². The predicted octanol–water partition coefficient (Wildman–Crippen LogP) is 3.14. The Labute approximate surface area is 84.8 Å². The first-order chi connectivity index (χ1) is 6.86. The molecule has 2 unspecified atom stereocenters. The topological polar surface area (TPSA) is 9.23 Å². The minimum absolute atomic E-state index is 0.166. The minimum atomic E-state index is 0.166. The van der Waals surface area contributed by atoms with Crippen molar-refractivity contribution in [3.05, 3.63) is 60.4 Å². The molecule has 1 aliphatic carbocycles. The first-order valence-electron chi connectivity index (χ1n) is 4.87. The quantitative estimate of drug-likeness (QED) is 0.643. The van der Waals surface area contributed by atoms with Crippen LogP contribution in [0.2, 0.25) is 0 Å². The average molecular weight is 186 g/mol. The highest BCUT2D eigenvalue weighted by Gasteiger charge is 2.31. The van der Waals surface area contributed by atoms with E-state index in [1.54, 1.807) is 6.08 Å². The SMILES string of the molecule is C=CC1=C(/C=C\C)C2C=CC=CC2O1. The van der Waals surface area contributed by atoms with Crippen molar-refractivity contribution in [2.75, 3.05) is 0 Å². The van der Waals surface area contributed by atoms with Crippen LogP contribution in [0.3, 0.4) is 0 Å². The summed E-state index contributed by atoms with van der Waals surface area (Å²) in [5.41, 5.74) is 1.23. The lowest BCUT2D eigenvalue weighted by Crippen LogP contribution is -2.15. The Bertz CT molecular complexity index is 355. The van der Waals surface area contributed by atoms with Gasteiger partial charge in [0.05, 0.1) is 0 Å². The van der Waals surface area contributed by atoms with Gasteiger partial charge in [-0.05, 0) is 19.1 Å². The van der Waals surface area contributed by atoms with Gasteiger partial charge in [0.25, 0.3) is 0 Å². The highest BCUT2D eigenvalue weighted by atomic mass is 16.5. The average Bonchev–Trinajstić information content (AvgIpc) is 2.58. The van der Waals surface area contributed by atoms with Gasteiger partial charge in [-0.15, -0.1) is 0 Å². The first kappa shape index (κ1) is 9.07. The van der Waals surface area contributed by atoms with Crippen LogP contribution in [0.5, 0.6) is 0 Å². The van der Waals surface area contributed by atoms with Crippen LogP contribution in [-0.2, 0) is 4.74 Å². The molecule has 0 bridgehead atoms. The maximum atomic E-state index is 5.75. The Kier molecular flexibility index (Phi) is 2.40. The lowest BCUT2D eigenvalue weighted by atomic mass is 9.91. The summed E-state index contributed by atoms with van der Waals surface area (Å²) in [7, 11) is 0. The molecule has 2 aliphatic rings. The number of fused-ring (bicyclic) bond motifs is 1. The highest BCUT2D eigenvalue weighted by Crippen LogP contribution is 2.35. The molecule has 0 saturated heterocycles. The van der Waals surface area contributed by atoms with Crippen LogP contribution in [0.4, 0.5) is 0 Å². The normalized spacial score (nSPS) is 29.5. The summed E-state index contributed by atoms with van der Waals surface area (Å²) < 4.78 is 5.75. The van der Waals surface area contributed by atoms with Gasteiger partial charge < -0.3 is 4.74 Å². The Balaban J connectivity index is 2.36. The van der Waals surface area contributed by atoms with Crippen molar-refractivity contribution in [3.63, 3.8) is 0 Å². The number of ether oxygens (including phenoxy) is 1. The second-order valence-electron chi connectivity index (χ2n) is 3.40. The molecule has 0 N–H and O–H groups in total. The van der Waals surface area contributed by atoms with Crippen LogP contribution >= 0.6 is 0 Å². The minimum Gasteiger partial charge on any atom is -0.485 e. The Morgan fingerprint density at radius 1 is 1.36 bits per heavy atom. The zero-order valence-electron chi connectivity index (χ0n) is 8.31. The van der Waals surface area contributed by atoms with E-state index in [2.05, 4.69) is 30.9 Å². The molecule has 0 fully saturated rings. The van der Waals surface area contributed by atoms with E-state index in [0.29, 0.717) is 5.92 Å². The summed E-state index contributed by atoms with van der Waals surface area (Å²) in [6.07, 6.45) is 14.5. The summed E-state index contributed by atoms with van der Waals surface area (Å²) in [5.74, 6) is 1.28. The van der Waals surface area contributed by atoms with E-state index < -0.39 is 0 Å². The Hall–Kier alpha value is -1.50. The highest BCUT2D eigenvalue weighted by molar-refractivity contribution is 5.41. The van der Waals surface area contributed by atoms with Crippen LogP contribution in [0.15, 0.2) is 60.4 Å². The van der Waals surface area contributed by atoms with Crippen LogP contribution < -0.4 is 0 Å². The Morgan fingerprint density at radius 2 is 2.14 bits per heavy atom. The van der Waals surface area contributed by atoms with Crippen molar-refractivity contribution in [1.82, 2.24) is 0 Å². The van der Waals surface area contributed by atoms with Crippen LogP contribution in [0.1, 0.15) is 6.92 Å². The van der Waals surface area contributed by atoms with Gasteiger partial charge in [-0.3, -0.25) is 0 Å². The van der Waals surface area contributed by atoms with Gasteiger partial charge >= 0.3 is 0 Å². The number of hydrogen-bond acceptors (Lipinski definition) is 1. The van der Waals surface area contributed by atoms with E-state index in [4.69, 9.17) is 4.74 Å². The molecule has 1 aliphatic heterocycles. The van der Waals surface area contributed by atoms with Crippen LogP contribution in [0.25, 0.3) is 0 Å². The molecular weight excluding hydrogens is 172 g/mol. The molecule has 0 aromatic rings. The number of allylic oxidation sites excluding steroid dienone is 5. The molecular formula is C13H14O. The fraction of sp³-hybridized carbons (Fsp3) is 0.231. The third kappa shape index (κ3) is 1.35. The first-order valence-corrected chi connectivity index (χ1v) is 4.87. The lowest BCUT2D eigenvalue weighted by Gasteiger charge is -2.15. The third-order valence-corrected chi connectivity index (χ3v) is 2.52. The monoisotopic (exact) mass is 186 g/mol. The van der Waals surface area contributed by atoms with Crippen molar-refractivity contribution in [2.24, 2.45) is 5.92 Å². The lowest BCUT2D eigenvalue weighted by molar-refractivity contribution is 0.173. The van der Waals surface area contributed by atoms with E-state index >= 15 is 0 Å². The molecule has 0 radical (unpaired) electrons. The van der Waals surface area contributed by atoms with Crippen LogP contribution in [-0.4, -0.2) is 6.10 Å².